The van der Waals surface area contributed by atoms with Crippen molar-refractivity contribution in [2.45, 2.75) is 32.3 Å². The van der Waals surface area contributed by atoms with Gasteiger partial charge < -0.3 is 19.5 Å². The van der Waals surface area contributed by atoms with Crippen LogP contribution < -0.4 is 9.47 Å². The minimum Gasteiger partial charge on any atom is -0.497 e. The Labute approximate surface area is 127 Å². The number of nitrogens with zero attached hydrogens (tertiary/aromatic N) is 1. The third-order valence-corrected chi connectivity index (χ3v) is 4.29. The van der Waals surface area contributed by atoms with E-state index in [1.165, 1.54) is 0 Å². The van der Waals surface area contributed by atoms with E-state index in [0.29, 0.717) is 0 Å². The minimum atomic E-state index is -0.228. The number of aliphatic hydroxyl groups is 1. The molecule has 0 radical (unpaired) electrons. The number of ether oxygens (including phenoxy) is 2. The summed E-state index contributed by atoms with van der Waals surface area (Å²) in [4.78, 5) is 2.45. The van der Waals surface area contributed by atoms with Gasteiger partial charge >= 0.3 is 0 Å². The second-order valence-corrected chi connectivity index (χ2v) is 5.80. The number of aliphatic hydroxyl groups excluding tert-OH is 1. The van der Waals surface area contributed by atoms with E-state index in [1.807, 2.05) is 18.2 Å². The monoisotopic (exact) mass is 293 g/mol. The summed E-state index contributed by atoms with van der Waals surface area (Å²) >= 11 is 0. The first-order valence-corrected chi connectivity index (χ1v) is 7.79. The van der Waals surface area contributed by atoms with Gasteiger partial charge in [-0.15, -0.1) is 0 Å². The highest BCUT2D eigenvalue weighted by atomic mass is 16.5. The normalized spacial score (nSPS) is 23.0. The molecule has 1 fully saturated rings. The zero-order valence-electron chi connectivity index (χ0n) is 13.3. The molecule has 1 aliphatic rings. The molecule has 2 unspecified atom stereocenters. The fourth-order valence-corrected chi connectivity index (χ4v) is 3.14. The molecule has 0 bridgehead atoms. The second-order valence-electron chi connectivity index (χ2n) is 5.80. The van der Waals surface area contributed by atoms with Crippen LogP contribution >= 0.6 is 0 Å². The number of rotatable bonds is 6. The fourth-order valence-electron chi connectivity index (χ4n) is 3.14. The van der Waals surface area contributed by atoms with Crippen LogP contribution in [0.2, 0.25) is 0 Å². The Morgan fingerprint density at radius 3 is 2.76 bits per heavy atom. The van der Waals surface area contributed by atoms with Crippen molar-refractivity contribution in [3.05, 3.63) is 23.8 Å². The molecule has 21 heavy (non-hydrogen) atoms. The van der Waals surface area contributed by atoms with Gasteiger partial charge in [0.1, 0.15) is 11.5 Å². The molecule has 1 aromatic carbocycles. The molecule has 0 spiro atoms. The molecule has 1 saturated heterocycles. The van der Waals surface area contributed by atoms with Gasteiger partial charge in [-0.3, -0.25) is 0 Å². The topological polar surface area (TPSA) is 41.9 Å². The van der Waals surface area contributed by atoms with Crippen LogP contribution in [0.3, 0.4) is 0 Å². The average molecular weight is 293 g/mol. The second kappa shape index (κ2) is 7.66. The first-order chi connectivity index (χ1) is 10.2. The third kappa shape index (κ3) is 4.11. The Morgan fingerprint density at radius 2 is 2.10 bits per heavy atom. The van der Waals surface area contributed by atoms with Crippen LogP contribution in [-0.2, 0) is 6.42 Å². The Kier molecular flexibility index (Phi) is 5.88. The van der Waals surface area contributed by atoms with Crippen molar-refractivity contribution in [3.8, 4) is 11.5 Å². The zero-order chi connectivity index (χ0) is 15.2. The molecule has 1 aliphatic heterocycles. The van der Waals surface area contributed by atoms with Crippen molar-refractivity contribution < 1.29 is 14.6 Å². The van der Waals surface area contributed by atoms with Crippen LogP contribution in [0.25, 0.3) is 0 Å². The van der Waals surface area contributed by atoms with Gasteiger partial charge in [-0.25, -0.2) is 0 Å². The van der Waals surface area contributed by atoms with Crippen molar-refractivity contribution in [1.82, 2.24) is 4.90 Å². The number of benzene rings is 1. The first-order valence-electron chi connectivity index (χ1n) is 7.79. The van der Waals surface area contributed by atoms with Crippen molar-refractivity contribution >= 4 is 0 Å². The summed E-state index contributed by atoms with van der Waals surface area (Å²) in [6.07, 6.45) is 2.61. The fraction of sp³-hybridized carbons (Fsp3) is 0.647. The maximum Gasteiger partial charge on any atom is 0.122 e. The zero-order valence-corrected chi connectivity index (χ0v) is 13.3. The van der Waals surface area contributed by atoms with E-state index in [9.17, 15) is 5.11 Å². The van der Waals surface area contributed by atoms with Crippen molar-refractivity contribution in [3.63, 3.8) is 0 Å². The molecule has 2 atom stereocenters. The van der Waals surface area contributed by atoms with Gasteiger partial charge in [0.15, 0.2) is 0 Å². The molecule has 4 heteroatoms. The Bertz CT molecular complexity index is 450. The van der Waals surface area contributed by atoms with Gasteiger partial charge in [-0.2, -0.15) is 0 Å². The van der Waals surface area contributed by atoms with Crippen LogP contribution in [0, 0.1) is 5.92 Å². The summed E-state index contributed by atoms with van der Waals surface area (Å²) in [6.45, 7) is 5.26. The molecule has 1 heterocycles. The summed E-state index contributed by atoms with van der Waals surface area (Å²) in [5, 5.41) is 10.3. The summed E-state index contributed by atoms with van der Waals surface area (Å²) in [6, 6.07) is 5.86. The molecular formula is C17H27NO3. The largest absolute Gasteiger partial charge is 0.497 e. The summed E-state index contributed by atoms with van der Waals surface area (Å²) < 4.78 is 10.7. The Hall–Kier alpha value is -1.26. The van der Waals surface area contributed by atoms with Crippen LogP contribution in [0.5, 0.6) is 11.5 Å². The minimum absolute atomic E-state index is 0.228. The molecule has 1 N–H and O–H groups in total. The van der Waals surface area contributed by atoms with E-state index in [1.54, 1.807) is 14.2 Å². The van der Waals surface area contributed by atoms with Gasteiger partial charge in [0.2, 0.25) is 0 Å². The summed E-state index contributed by atoms with van der Waals surface area (Å²) in [5.74, 6) is 1.96. The van der Waals surface area contributed by atoms with E-state index in [2.05, 4.69) is 11.8 Å². The summed E-state index contributed by atoms with van der Waals surface area (Å²) in [7, 11) is 3.36. The van der Waals surface area contributed by atoms with Gasteiger partial charge in [-0.1, -0.05) is 6.92 Å². The van der Waals surface area contributed by atoms with Crippen LogP contribution in [0.15, 0.2) is 18.2 Å². The van der Waals surface area contributed by atoms with Crippen molar-refractivity contribution in [2.24, 2.45) is 5.92 Å². The van der Waals surface area contributed by atoms with Gasteiger partial charge in [0, 0.05) is 19.0 Å². The number of hydrogen-bond acceptors (Lipinski definition) is 4. The maximum absolute atomic E-state index is 10.3. The molecule has 4 nitrogen and oxygen atoms in total. The number of hydrogen-bond donors (Lipinski definition) is 1. The number of methoxy groups -OCH3 is 2. The smallest absolute Gasteiger partial charge is 0.122 e. The highest BCUT2D eigenvalue weighted by Crippen LogP contribution is 2.29. The van der Waals surface area contributed by atoms with Crippen LogP contribution in [0.4, 0.5) is 0 Å². The maximum atomic E-state index is 10.3. The van der Waals surface area contributed by atoms with Crippen LogP contribution in [0.1, 0.15) is 25.3 Å². The lowest BCUT2D eigenvalue weighted by Gasteiger charge is -2.36. The Morgan fingerprint density at radius 1 is 1.29 bits per heavy atom. The lowest BCUT2D eigenvalue weighted by Crippen LogP contribution is -2.44. The Balaban J connectivity index is 2.11. The molecule has 0 aliphatic carbocycles. The molecule has 1 aromatic rings. The molecule has 0 amide bonds. The van der Waals surface area contributed by atoms with E-state index >= 15 is 0 Å². The lowest BCUT2D eigenvalue weighted by molar-refractivity contribution is 0.0268. The van der Waals surface area contributed by atoms with E-state index in [0.717, 1.165) is 56.0 Å². The standard InChI is InChI=1S/C17H27NO3/c1-4-8-18-9-7-16(19)14(12-18)10-13-11-15(20-2)5-6-17(13)21-3/h5-6,11,14,16,19H,4,7-10,12H2,1-3H3. The molecule has 0 saturated carbocycles. The predicted octanol–water partition coefficient (Wildman–Crippen LogP) is 2.34. The molecule has 118 valence electrons. The quantitative estimate of drug-likeness (QED) is 0.874. The number of likely N-dealkylation sites (tertiary alicyclic amines) is 1. The third-order valence-electron chi connectivity index (χ3n) is 4.29. The van der Waals surface area contributed by atoms with Gasteiger partial charge in [0.05, 0.1) is 20.3 Å². The van der Waals surface area contributed by atoms with E-state index in [4.69, 9.17) is 9.47 Å². The van der Waals surface area contributed by atoms with Crippen molar-refractivity contribution in [2.75, 3.05) is 33.9 Å². The SMILES string of the molecule is CCCN1CCC(O)C(Cc2cc(OC)ccc2OC)C1. The molecular weight excluding hydrogens is 266 g/mol. The van der Waals surface area contributed by atoms with E-state index < -0.39 is 0 Å². The first kappa shape index (κ1) is 16.1. The lowest BCUT2D eigenvalue weighted by atomic mass is 9.88. The predicted molar refractivity (Wildman–Crippen MR) is 84.1 cm³/mol. The average Bonchev–Trinajstić information content (AvgIpc) is 2.50. The van der Waals surface area contributed by atoms with Crippen LogP contribution in [-0.4, -0.2) is 50.0 Å². The van der Waals surface area contributed by atoms with Gasteiger partial charge in [0.25, 0.3) is 0 Å². The van der Waals surface area contributed by atoms with Gasteiger partial charge in [-0.05, 0) is 49.6 Å². The van der Waals surface area contributed by atoms with Crippen molar-refractivity contribution in [1.29, 1.82) is 0 Å². The number of piperidine rings is 1. The molecule has 2 rings (SSSR count). The summed E-state index contributed by atoms with van der Waals surface area (Å²) in [5.41, 5.74) is 1.11. The highest BCUT2D eigenvalue weighted by Gasteiger charge is 2.28. The molecule has 0 aromatic heterocycles. The highest BCUT2D eigenvalue weighted by molar-refractivity contribution is 5.40. The van der Waals surface area contributed by atoms with E-state index in [-0.39, 0.29) is 12.0 Å².